The highest BCUT2D eigenvalue weighted by Gasteiger charge is 2.36. The SMILES string of the molecule is CCOC(=O)C1CCN([C@H](c2nnnn2C(C)(C)CC)C(C)C)CC1. The average Bonchev–Trinajstić information content (AvgIpc) is 3.05. The summed E-state index contributed by atoms with van der Waals surface area (Å²) < 4.78 is 7.16. The molecule has 1 aliphatic rings. The summed E-state index contributed by atoms with van der Waals surface area (Å²) in [7, 11) is 0. The maximum Gasteiger partial charge on any atom is 0.309 e. The number of carbonyl (C=O) groups is 1. The molecule has 7 nitrogen and oxygen atoms in total. The molecule has 0 bridgehead atoms. The van der Waals surface area contributed by atoms with Crippen molar-refractivity contribution in [2.75, 3.05) is 19.7 Å². The van der Waals surface area contributed by atoms with E-state index in [4.69, 9.17) is 4.74 Å². The molecule has 1 fully saturated rings. The van der Waals surface area contributed by atoms with Gasteiger partial charge in [0.25, 0.3) is 0 Å². The normalized spacial score (nSPS) is 18.5. The van der Waals surface area contributed by atoms with Crippen LogP contribution in [-0.2, 0) is 15.1 Å². The summed E-state index contributed by atoms with van der Waals surface area (Å²) in [6.07, 6.45) is 2.63. The molecular formula is C18H33N5O2. The van der Waals surface area contributed by atoms with E-state index in [-0.39, 0.29) is 23.5 Å². The highest BCUT2D eigenvalue weighted by molar-refractivity contribution is 5.72. The molecule has 0 amide bonds. The molecule has 0 unspecified atom stereocenters. The van der Waals surface area contributed by atoms with E-state index in [1.54, 1.807) is 0 Å². The van der Waals surface area contributed by atoms with Gasteiger partial charge in [0.1, 0.15) is 0 Å². The molecule has 0 radical (unpaired) electrons. The van der Waals surface area contributed by atoms with Crippen molar-refractivity contribution >= 4 is 5.97 Å². The van der Waals surface area contributed by atoms with E-state index in [0.717, 1.165) is 38.2 Å². The third-order valence-corrected chi connectivity index (χ3v) is 5.37. The maximum absolute atomic E-state index is 12.0. The van der Waals surface area contributed by atoms with Crippen molar-refractivity contribution in [3.63, 3.8) is 0 Å². The second kappa shape index (κ2) is 8.25. The molecule has 142 valence electrons. The zero-order chi connectivity index (χ0) is 18.6. The van der Waals surface area contributed by atoms with Crippen LogP contribution in [0, 0.1) is 11.8 Å². The van der Waals surface area contributed by atoms with E-state index in [2.05, 4.69) is 55.0 Å². The van der Waals surface area contributed by atoms with Gasteiger partial charge >= 0.3 is 5.97 Å². The first kappa shape index (κ1) is 19.8. The third-order valence-electron chi connectivity index (χ3n) is 5.37. The first-order valence-electron chi connectivity index (χ1n) is 9.51. The van der Waals surface area contributed by atoms with Crippen LogP contribution in [0.3, 0.4) is 0 Å². The van der Waals surface area contributed by atoms with Crippen LogP contribution in [0.2, 0.25) is 0 Å². The summed E-state index contributed by atoms with van der Waals surface area (Å²) in [4.78, 5) is 14.4. The molecule has 2 heterocycles. The first-order chi connectivity index (χ1) is 11.8. The molecule has 0 saturated carbocycles. The van der Waals surface area contributed by atoms with Crippen molar-refractivity contribution in [2.45, 2.75) is 72.4 Å². The molecule has 0 spiro atoms. The molecule has 1 aliphatic heterocycles. The Morgan fingerprint density at radius 1 is 1.28 bits per heavy atom. The smallest absolute Gasteiger partial charge is 0.309 e. The van der Waals surface area contributed by atoms with Crippen LogP contribution < -0.4 is 0 Å². The molecule has 0 N–H and O–H groups in total. The molecule has 1 saturated heterocycles. The van der Waals surface area contributed by atoms with E-state index >= 15 is 0 Å². The van der Waals surface area contributed by atoms with Crippen LogP contribution >= 0.6 is 0 Å². The second-order valence-corrected chi connectivity index (χ2v) is 7.87. The Hall–Kier alpha value is -1.50. The molecular weight excluding hydrogens is 318 g/mol. The van der Waals surface area contributed by atoms with Gasteiger partial charge in [0.15, 0.2) is 5.82 Å². The van der Waals surface area contributed by atoms with Crippen LogP contribution in [0.1, 0.15) is 72.7 Å². The monoisotopic (exact) mass is 351 g/mol. The third kappa shape index (κ3) is 4.37. The zero-order valence-electron chi connectivity index (χ0n) is 16.5. The summed E-state index contributed by atoms with van der Waals surface area (Å²) in [6.45, 7) is 14.9. The minimum atomic E-state index is -0.116. The lowest BCUT2D eigenvalue weighted by atomic mass is 9.92. The van der Waals surface area contributed by atoms with Gasteiger partial charge in [-0.15, -0.1) is 5.10 Å². The van der Waals surface area contributed by atoms with E-state index in [9.17, 15) is 4.79 Å². The van der Waals surface area contributed by atoms with Gasteiger partial charge in [0, 0.05) is 0 Å². The summed E-state index contributed by atoms with van der Waals surface area (Å²) in [5, 5.41) is 12.6. The number of ether oxygens (including phenoxy) is 1. The minimum absolute atomic E-state index is 0.0205. The average molecular weight is 351 g/mol. The van der Waals surface area contributed by atoms with Gasteiger partial charge in [0.2, 0.25) is 0 Å². The largest absolute Gasteiger partial charge is 0.466 e. The second-order valence-electron chi connectivity index (χ2n) is 7.87. The fourth-order valence-corrected chi connectivity index (χ4v) is 3.52. The van der Waals surface area contributed by atoms with Gasteiger partial charge in [-0.05, 0) is 69.5 Å². The topological polar surface area (TPSA) is 73.1 Å². The minimum Gasteiger partial charge on any atom is -0.466 e. The van der Waals surface area contributed by atoms with Crippen molar-refractivity contribution in [3.05, 3.63) is 5.82 Å². The summed E-state index contributed by atoms with van der Waals surface area (Å²) in [5.41, 5.74) is -0.116. The zero-order valence-corrected chi connectivity index (χ0v) is 16.5. The van der Waals surface area contributed by atoms with Crippen LogP contribution in [0.4, 0.5) is 0 Å². The van der Waals surface area contributed by atoms with Crippen molar-refractivity contribution < 1.29 is 9.53 Å². The quantitative estimate of drug-likeness (QED) is 0.703. The van der Waals surface area contributed by atoms with Crippen molar-refractivity contribution in [1.29, 1.82) is 0 Å². The fourth-order valence-electron chi connectivity index (χ4n) is 3.52. The predicted molar refractivity (Wildman–Crippen MR) is 95.9 cm³/mol. The number of rotatable bonds is 7. The number of esters is 1. The van der Waals surface area contributed by atoms with Gasteiger partial charge in [0.05, 0.1) is 24.1 Å². The van der Waals surface area contributed by atoms with Gasteiger partial charge < -0.3 is 4.74 Å². The number of aromatic nitrogens is 4. The number of likely N-dealkylation sites (tertiary alicyclic amines) is 1. The van der Waals surface area contributed by atoms with Gasteiger partial charge in [-0.1, -0.05) is 20.8 Å². The van der Waals surface area contributed by atoms with E-state index in [1.807, 2.05) is 11.6 Å². The molecule has 1 atom stereocenters. The number of carbonyl (C=O) groups excluding carboxylic acids is 1. The lowest BCUT2D eigenvalue weighted by Crippen LogP contribution is -2.43. The Morgan fingerprint density at radius 2 is 1.92 bits per heavy atom. The molecule has 25 heavy (non-hydrogen) atoms. The Labute approximate surface area is 151 Å². The summed E-state index contributed by atoms with van der Waals surface area (Å²) in [6, 6.07) is 0.156. The molecule has 0 aromatic carbocycles. The number of hydrogen-bond donors (Lipinski definition) is 0. The lowest BCUT2D eigenvalue weighted by molar-refractivity contribution is -0.150. The van der Waals surface area contributed by atoms with E-state index in [0.29, 0.717) is 12.5 Å². The lowest BCUT2D eigenvalue weighted by Gasteiger charge is -2.39. The molecule has 0 aliphatic carbocycles. The summed E-state index contributed by atoms with van der Waals surface area (Å²) in [5.74, 6) is 1.28. The Bertz CT molecular complexity index is 562. The fraction of sp³-hybridized carbons (Fsp3) is 0.889. The molecule has 1 aromatic rings. The molecule has 7 heteroatoms. The van der Waals surface area contributed by atoms with Gasteiger partial charge in [-0.25, -0.2) is 4.68 Å². The van der Waals surface area contributed by atoms with Crippen molar-refractivity contribution in [3.8, 4) is 0 Å². The van der Waals surface area contributed by atoms with Gasteiger partial charge in [-0.3, -0.25) is 9.69 Å². The number of piperidine rings is 1. The Kier molecular flexibility index (Phi) is 6.54. The van der Waals surface area contributed by atoms with Crippen LogP contribution in [-0.4, -0.2) is 50.8 Å². The predicted octanol–water partition coefficient (Wildman–Crippen LogP) is 2.79. The van der Waals surface area contributed by atoms with Crippen molar-refractivity contribution in [1.82, 2.24) is 25.1 Å². The molecule has 2 rings (SSSR count). The van der Waals surface area contributed by atoms with Crippen LogP contribution in [0.15, 0.2) is 0 Å². The van der Waals surface area contributed by atoms with Gasteiger partial charge in [-0.2, -0.15) is 0 Å². The Balaban J connectivity index is 2.16. The number of nitrogens with zero attached hydrogens (tertiary/aromatic N) is 5. The first-order valence-corrected chi connectivity index (χ1v) is 9.51. The maximum atomic E-state index is 12.0. The van der Waals surface area contributed by atoms with Crippen molar-refractivity contribution in [2.24, 2.45) is 11.8 Å². The van der Waals surface area contributed by atoms with Crippen LogP contribution in [0.5, 0.6) is 0 Å². The number of hydrogen-bond acceptors (Lipinski definition) is 6. The van der Waals surface area contributed by atoms with E-state index < -0.39 is 0 Å². The highest BCUT2D eigenvalue weighted by atomic mass is 16.5. The van der Waals surface area contributed by atoms with Crippen LogP contribution in [0.25, 0.3) is 0 Å². The molecule has 1 aromatic heterocycles. The Morgan fingerprint density at radius 3 is 2.44 bits per heavy atom. The highest BCUT2D eigenvalue weighted by Crippen LogP contribution is 2.33. The summed E-state index contributed by atoms with van der Waals surface area (Å²) >= 11 is 0. The van der Waals surface area contributed by atoms with E-state index in [1.165, 1.54) is 0 Å². The standard InChI is InChI=1S/C18H33N5O2/c1-7-18(5,6)23-16(19-20-21-23)15(13(3)4)22-11-9-14(10-12-22)17(24)25-8-2/h13-15H,7-12H2,1-6H3/t15-/m0/s1. The number of tetrazole rings is 1.